The summed E-state index contributed by atoms with van der Waals surface area (Å²) >= 11 is 12.0. The lowest BCUT2D eigenvalue weighted by atomic mass is 10.1. The molecule has 0 spiro atoms. The fourth-order valence-corrected chi connectivity index (χ4v) is 2.60. The number of hydrogen-bond donors (Lipinski definition) is 2. The van der Waals surface area contributed by atoms with Crippen LogP contribution in [0.5, 0.6) is 0 Å². The number of rotatable bonds is 4. The number of aromatic nitrogens is 2. The number of hydrogen-bond acceptors (Lipinski definition) is 4. The number of carbonyl (C=O) groups is 1. The Labute approximate surface area is 161 Å². The van der Waals surface area contributed by atoms with Crippen LogP contribution in [0.2, 0.25) is 10.0 Å². The van der Waals surface area contributed by atoms with Crippen molar-refractivity contribution in [2.75, 3.05) is 10.6 Å². The van der Waals surface area contributed by atoms with Crippen molar-refractivity contribution in [3.05, 3.63) is 75.5 Å². The number of nitrogens with one attached hydrogen (secondary N) is 2. The molecule has 0 fully saturated rings. The minimum absolute atomic E-state index is 0.288. The van der Waals surface area contributed by atoms with Gasteiger partial charge in [-0.15, -0.1) is 0 Å². The van der Waals surface area contributed by atoms with Gasteiger partial charge in [0.25, 0.3) is 5.91 Å². The van der Waals surface area contributed by atoms with Gasteiger partial charge >= 0.3 is 0 Å². The van der Waals surface area contributed by atoms with Crippen LogP contribution < -0.4 is 10.6 Å². The molecule has 0 saturated heterocycles. The number of anilines is 3. The maximum Gasteiger partial charge on any atom is 0.258 e. The van der Waals surface area contributed by atoms with Gasteiger partial charge in [0.1, 0.15) is 0 Å². The van der Waals surface area contributed by atoms with Gasteiger partial charge in [0.15, 0.2) is 0 Å². The van der Waals surface area contributed by atoms with Crippen LogP contribution >= 0.6 is 23.2 Å². The number of halogens is 2. The average molecular weight is 387 g/mol. The monoisotopic (exact) mass is 386 g/mol. The zero-order chi connectivity index (χ0) is 18.7. The Morgan fingerprint density at radius 3 is 2.42 bits per heavy atom. The summed E-state index contributed by atoms with van der Waals surface area (Å²) in [5, 5.41) is 6.46. The summed E-state index contributed by atoms with van der Waals surface area (Å²) in [5.41, 5.74) is 4.01. The topological polar surface area (TPSA) is 66.9 Å². The summed E-state index contributed by atoms with van der Waals surface area (Å²) in [6.45, 7) is 4.09. The predicted molar refractivity (Wildman–Crippen MR) is 106 cm³/mol. The molecule has 0 atom stereocenters. The second kappa shape index (κ2) is 7.72. The van der Waals surface area contributed by atoms with E-state index >= 15 is 0 Å². The van der Waals surface area contributed by atoms with Crippen molar-refractivity contribution >= 4 is 46.4 Å². The summed E-state index contributed by atoms with van der Waals surface area (Å²) < 4.78 is 0. The molecule has 2 aromatic carbocycles. The number of benzene rings is 2. The van der Waals surface area contributed by atoms with Crippen molar-refractivity contribution in [1.82, 2.24) is 9.97 Å². The quantitative estimate of drug-likeness (QED) is 0.629. The van der Waals surface area contributed by atoms with Crippen molar-refractivity contribution < 1.29 is 4.79 Å². The van der Waals surface area contributed by atoms with Crippen LogP contribution in [-0.4, -0.2) is 15.9 Å². The highest BCUT2D eigenvalue weighted by Crippen LogP contribution is 2.29. The van der Waals surface area contributed by atoms with Gasteiger partial charge in [-0.2, -0.15) is 0 Å². The van der Waals surface area contributed by atoms with Crippen LogP contribution in [0.1, 0.15) is 21.5 Å². The van der Waals surface area contributed by atoms with Gasteiger partial charge in [0, 0.05) is 18.1 Å². The van der Waals surface area contributed by atoms with E-state index < -0.39 is 0 Å². The molecule has 2 N–H and O–H groups in total. The molecule has 0 aliphatic rings. The van der Waals surface area contributed by atoms with Gasteiger partial charge in [0.2, 0.25) is 5.95 Å². The first-order chi connectivity index (χ1) is 12.4. The van der Waals surface area contributed by atoms with E-state index in [1.807, 2.05) is 25.1 Å². The first-order valence-corrected chi connectivity index (χ1v) is 8.61. The molecule has 1 heterocycles. The van der Waals surface area contributed by atoms with Crippen molar-refractivity contribution in [3.8, 4) is 0 Å². The van der Waals surface area contributed by atoms with E-state index in [1.165, 1.54) is 23.5 Å². The molecule has 132 valence electrons. The summed E-state index contributed by atoms with van der Waals surface area (Å²) in [6, 6.07) is 11.0. The molecule has 0 bridgehead atoms. The lowest BCUT2D eigenvalue weighted by molar-refractivity contribution is 0.102. The summed E-state index contributed by atoms with van der Waals surface area (Å²) in [5.74, 6) is 0.0393. The lowest BCUT2D eigenvalue weighted by Gasteiger charge is -2.09. The van der Waals surface area contributed by atoms with Gasteiger partial charge in [-0.3, -0.25) is 4.79 Å². The molecule has 0 radical (unpaired) electrons. The Kier molecular flexibility index (Phi) is 5.40. The maximum atomic E-state index is 12.3. The molecule has 1 aromatic heterocycles. The van der Waals surface area contributed by atoms with Gasteiger partial charge in [0.05, 0.1) is 21.3 Å². The van der Waals surface area contributed by atoms with Gasteiger partial charge in [-0.1, -0.05) is 35.3 Å². The fraction of sp³-hybridized carbons (Fsp3) is 0.105. The molecule has 7 heteroatoms. The van der Waals surface area contributed by atoms with Crippen molar-refractivity contribution in [2.45, 2.75) is 13.8 Å². The van der Waals surface area contributed by atoms with E-state index in [9.17, 15) is 4.79 Å². The van der Waals surface area contributed by atoms with E-state index in [-0.39, 0.29) is 10.9 Å². The van der Waals surface area contributed by atoms with E-state index in [0.29, 0.717) is 22.2 Å². The van der Waals surface area contributed by atoms with E-state index in [2.05, 4.69) is 27.5 Å². The number of aryl methyl sites for hydroxylation is 2. The SMILES string of the molecule is Cc1ccc(Nc2ncc(C(=O)Nc3cccc(Cl)c3Cl)cn2)cc1C. The highest BCUT2D eigenvalue weighted by Gasteiger charge is 2.11. The number of amides is 1. The van der Waals surface area contributed by atoms with E-state index in [4.69, 9.17) is 23.2 Å². The highest BCUT2D eigenvalue weighted by molar-refractivity contribution is 6.44. The Hall–Kier alpha value is -2.63. The number of nitrogens with zero attached hydrogens (tertiary/aromatic N) is 2. The molecule has 0 aliphatic heterocycles. The van der Waals surface area contributed by atoms with Crippen LogP contribution in [-0.2, 0) is 0 Å². The van der Waals surface area contributed by atoms with E-state index in [0.717, 1.165) is 5.69 Å². The lowest BCUT2D eigenvalue weighted by Crippen LogP contribution is -2.13. The minimum Gasteiger partial charge on any atom is -0.324 e. The first kappa shape index (κ1) is 18.2. The Bertz CT molecular complexity index is 958. The van der Waals surface area contributed by atoms with Crippen LogP contribution in [0.3, 0.4) is 0 Å². The molecule has 0 aliphatic carbocycles. The molecule has 5 nitrogen and oxygen atoms in total. The normalized spacial score (nSPS) is 10.5. The van der Waals surface area contributed by atoms with Crippen molar-refractivity contribution in [1.29, 1.82) is 0 Å². The van der Waals surface area contributed by atoms with Crippen LogP contribution in [0.25, 0.3) is 0 Å². The van der Waals surface area contributed by atoms with Gasteiger partial charge in [-0.25, -0.2) is 9.97 Å². The third-order valence-corrected chi connectivity index (χ3v) is 4.70. The van der Waals surface area contributed by atoms with Crippen LogP contribution in [0, 0.1) is 13.8 Å². The van der Waals surface area contributed by atoms with Gasteiger partial charge in [-0.05, 0) is 49.2 Å². The third-order valence-electron chi connectivity index (χ3n) is 3.88. The van der Waals surface area contributed by atoms with E-state index in [1.54, 1.807) is 18.2 Å². The summed E-state index contributed by atoms with van der Waals surface area (Å²) in [6.07, 6.45) is 2.90. The molecule has 26 heavy (non-hydrogen) atoms. The third kappa shape index (κ3) is 4.12. The van der Waals surface area contributed by atoms with Gasteiger partial charge < -0.3 is 10.6 Å². The Balaban J connectivity index is 1.71. The standard InChI is InChI=1S/C19H16Cl2N4O/c1-11-6-7-14(8-12(11)2)24-19-22-9-13(10-23-19)18(26)25-16-5-3-4-15(20)17(16)21/h3-10H,1-2H3,(H,25,26)(H,22,23,24). The smallest absolute Gasteiger partial charge is 0.258 e. The second-order valence-corrected chi connectivity index (χ2v) is 6.56. The molecule has 0 unspecified atom stereocenters. The fourth-order valence-electron chi connectivity index (χ4n) is 2.25. The minimum atomic E-state index is -0.369. The van der Waals surface area contributed by atoms with Crippen molar-refractivity contribution in [2.24, 2.45) is 0 Å². The maximum absolute atomic E-state index is 12.3. The van der Waals surface area contributed by atoms with Crippen molar-refractivity contribution in [3.63, 3.8) is 0 Å². The predicted octanol–water partition coefficient (Wildman–Crippen LogP) is 5.40. The summed E-state index contributed by atoms with van der Waals surface area (Å²) in [4.78, 5) is 20.7. The molecule has 0 saturated carbocycles. The molecule has 3 aromatic rings. The molecular weight excluding hydrogens is 371 g/mol. The molecular formula is C19H16Cl2N4O. The highest BCUT2D eigenvalue weighted by atomic mass is 35.5. The molecule has 1 amide bonds. The zero-order valence-electron chi connectivity index (χ0n) is 14.2. The average Bonchev–Trinajstić information content (AvgIpc) is 2.63. The first-order valence-electron chi connectivity index (χ1n) is 7.86. The molecule has 3 rings (SSSR count). The second-order valence-electron chi connectivity index (χ2n) is 5.77. The van der Waals surface area contributed by atoms with Crippen LogP contribution in [0.15, 0.2) is 48.8 Å². The Morgan fingerprint density at radius 2 is 1.73 bits per heavy atom. The summed E-state index contributed by atoms with van der Waals surface area (Å²) in [7, 11) is 0. The zero-order valence-corrected chi connectivity index (χ0v) is 15.7. The largest absolute Gasteiger partial charge is 0.324 e. The Morgan fingerprint density at radius 1 is 1.00 bits per heavy atom. The number of carbonyl (C=O) groups excluding carboxylic acids is 1. The van der Waals surface area contributed by atoms with Crippen LogP contribution in [0.4, 0.5) is 17.3 Å².